The quantitative estimate of drug-likeness (QED) is 0.166. The SMILES string of the molecule is CSCCC(NC(=O)C(CCC(=O)O)NC(=O)C(Cc1c[nH]c2ccccc12)NC(=O)C(C)N)C(=O)O. The molecule has 0 saturated heterocycles. The Balaban J connectivity index is 2.26. The maximum Gasteiger partial charge on any atom is 0.326 e. The van der Waals surface area contributed by atoms with Crippen LogP contribution in [-0.4, -0.2) is 81.0 Å². The number of H-pyrrole nitrogens is 1. The van der Waals surface area contributed by atoms with Gasteiger partial charge in [0.05, 0.1) is 6.04 Å². The van der Waals surface area contributed by atoms with E-state index in [4.69, 9.17) is 10.8 Å². The third-order valence-electron chi connectivity index (χ3n) is 5.65. The Kier molecular flexibility index (Phi) is 11.4. The van der Waals surface area contributed by atoms with Crippen molar-refractivity contribution in [3.05, 3.63) is 36.0 Å². The van der Waals surface area contributed by atoms with Crippen LogP contribution >= 0.6 is 11.8 Å². The predicted molar refractivity (Wildman–Crippen MR) is 139 cm³/mol. The zero-order chi connectivity index (χ0) is 27.5. The first-order chi connectivity index (χ1) is 17.5. The first-order valence-corrected chi connectivity index (χ1v) is 13.1. The molecule has 0 aliphatic rings. The van der Waals surface area contributed by atoms with E-state index in [2.05, 4.69) is 20.9 Å². The van der Waals surface area contributed by atoms with E-state index < -0.39 is 60.2 Å². The zero-order valence-electron chi connectivity index (χ0n) is 20.7. The van der Waals surface area contributed by atoms with E-state index in [1.165, 1.54) is 18.7 Å². The van der Waals surface area contributed by atoms with E-state index in [0.29, 0.717) is 5.75 Å². The molecule has 2 aromatic rings. The van der Waals surface area contributed by atoms with E-state index in [9.17, 15) is 29.1 Å². The first-order valence-electron chi connectivity index (χ1n) is 11.7. The number of aromatic amines is 1. The number of rotatable bonds is 15. The minimum absolute atomic E-state index is 0.0625. The van der Waals surface area contributed by atoms with Crippen molar-refractivity contribution in [1.82, 2.24) is 20.9 Å². The van der Waals surface area contributed by atoms with Crippen LogP contribution in [0.3, 0.4) is 0 Å². The molecule has 2 rings (SSSR count). The Labute approximate surface area is 218 Å². The van der Waals surface area contributed by atoms with Gasteiger partial charge in [-0.15, -0.1) is 0 Å². The summed E-state index contributed by atoms with van der Waals surface area (Å²) < 4.78 is 0. The molecule has 202 valence electrons. The maximum atomic E-state index is 13.3. The van der Waals surface area contributed by atoms with E-state index >= 15 is 0 Å². The van der Waals surface area contributed by atoms with Gasteiger partial charge in [-0.1, -0.05) is 18.2 Å². The molecule has 13 heteroatoms. The lowest BCUT2D eigenvalue weighted by atomic mass is 10.0. The number of carboxylic acids is 2. The van der Waals surface area contributed by atoms with E-state index in [-0.39, 0.29) is 19.3 Å². The van der Waals surface area contributed by atoms with Crippen molar-refractivity contribution < 1.29 is 34.2 Å². The molecule has 0 aliphatic carbocycles. The van der Waals surface area contributed by atoms with Crippen molar-refractivity contribution in [2.75, 3.05) is 12.0 Å². The number of aromatic nitrogens is 1. The minimum atomic E-state index is -1.34. The smallest absolute Gasteiger partial charge is 0.326 e. The Morgan fingerprint density at radius 1 is 0.946 bits per heavy atom. The van der Waals surface area contributed by atoms with Crippen molar-refractivity contribution in [1.29, 1.82) is 0 Å². The summed E-state index contributed by atoms with van der Waals surface area (Å²) in [6, 6.07) is 2.81. The lowest BCUT2D eigenvalue weighted by Crippen LogP contribution is -2.57. The Bertz CT molecular complexity index is 1120. The van der Waals surface area contributed by atoms with Gasteiger partial charge in [0.25, 0.3) is 0 Å². The summed E-state index contributed by atoms with van der Waals surface area (Å²) in [5, 5.41) is 26.8. The topological polar surface area (TPSA) is 204 Å². The number of hydrogen-bond donors (Lipinski definition) is 7. The van der Waals surface area contributed by atoms with Crippen LogP contribution < -0.4 is 21.7 Å². The number of carboxylic acid groups (broad SMARTS) is 2. The number of hydrogen-bond acceptors (Lipinski definition) is 7. The Morgan fingerprint density at radius 3 is 2.19 bits per heavy atom. The fourth-order valence-corrected chi connectivity index (χ4v) is 4.08. The van der Waals surface area contributed by atoms with Crippen LogP contribution in [0.5, 0.6) is 0 Å². The molecule has 37 heavy (non-hydrogen) atoms. The van der Waals surface area contributed by atoms with Crippen LogP contribution in [0.15, 0.2) is 30.5 Å². The monoisotopic (exact) mass is 535 g/mol. The molecule has 1 aromatic carbocycles. The average molecular weight is 536 g/mol. The molecule has 4 atom stereocenters. The molecule has 0 radical (unpaired) electrons. The second-order valence-electron chi connectivity index (χ2n) is 8.59. The van der Waals surface area contributed by atoms with Gasteiger partial charge in [0.2, 0.25) is 17.7 Å². The molecule has 1 heterocycles. The van der Waals surface area contributed by atoms with Crippen molar-refractivity contribution >= 4 is 52.3 Å². The first kappa shape index (κ1) is 29.6. The van der Waals surface area contributed by atoms with Crippen LogP contribution in [-0.2, 0) is 30.4 Å². The molecule has 1 aromatic heterocycles. The fraction of sp³-hybridized carbons (Fsp3) is 0.458. The highest BCUT2D eigenvalue weighted by molar-refractivity contribution is 7.98. The number of thioether (sulfide) groups is 1. The second kappa shape index (κ2) is 14.2. The number of benzene rings is 1. The van der Waals surface area contributed by atoms with Gasteiger partial charge in [0.15, 0.2) is 0 Å². The molecule has 0 aliphatic heterocycles. The van der Waals surface area contributed by atoms with Gasteiger partial charge in [0.1, 0.15) is 18.1 Å². The number of fused-ring (bicyclic) bond motifs is 1. The van der Waals surface area contributed by atoms with E-state index in [0.717, 1.165) is 16.5 Å². The van der Waals surface area contributed by atoms with E-state index in [1.807, 2.05) is 24.3 Å². The van der Waals surface area contributed by atoms with Crippen LogP contribution in [0.25, 0.3) is 10.9 Å². The summed E-state index contributed by atoms with van der Waals surface area (Å²) >= 11 is 1.41. The van der Waals surface area contributed by atoms with Gasteiger partial charge in [-0.25, -0.2) is 4.79 Å². The normalized spacial score (nSPS) is 14.2. The van der Waals surface area contributed by atoms with Gasteiger partial charge >= 0.3 is 11.9 Å². The van der Waals surface area contributed by atoms with Gasteiger partial charge in [-0.05, 0) is 43.4 Å². The van der Waals surface area contributed by atoms with Crippen LogP contribution in [0, 0.1) is 0 Å². The van der Waals surface area contributed by atoms with Gasteiger partial charge in [0, 0.05) is 29.9 Å². The summed E-state index contributed by atoms with van der Waals surface area (Å²) in [4.78, 5) is 64.4. The number of amides is 3. The molecule has 4 unspecified atom stereocenters. The highest BCUT2D eigenvalue weighted by Crippen LogP contribution is 2.19. The summed E-state index contributed by atoms with van der Waals surface area (Å²) in [5.74, 6) is -4.11. The molecule has 12 nitrogen and oxygen atoms in total. The zero-order valence-corrected chi connectivity index (χ0v) is 21.5. The number of aliphatic carboxylic acids is 2. The number of nitrogens with one attached hydrogen (secondary N) is 4. The predicted octanol–water partition coefficient (Wildman–Crippen LogP) is 0.215. The number of carbonyl (C=O) groups excluding carboxylic acids is 3. The largest absolute Gasteiger partial charge is 0.481 e. The Hall–Kier alpha value is -3.58. The molecular weight excluding hydrogens is 502 g/mol. The molecule has 0 spiro atoms. The molecule has 8 N–H and O–H groups in total. The van der Waals surface area contributed by atoms with Crippen LogP contribution in [0.1, 0.15) is 31.7 Å². The molecule has 3 amide bonds. The lowest BCUT2D eigenvalue weighted by molar-refractivity contribution is -0.143. The number of para-hydroxylation sites is 1. The number of carbonyl (C=O) groups is 5. The van der Waals surface area contributed by atoms with E-state index in [1.54, 1.807) is 12.5 Å². The number of nitrogens with two attached hydrogens (primary N) is 1. The molecular formula is C24H33N5O7S. The average Bonchev–Trinajstić information content (AvgIpc) is 3.25. The summed E-state index contributed by atoms with van der Waals surface area (Å²) in [5.41, 5.74) is 7.23. The van der Waals surface area contributed by atoms with Crippen molar-refractivity contribution in [3.8, 4) is 0 Å². The van der Waals surface area contributed by atoms with Gasteiger partial charge in [-0.3, -0.25) is 19.2 Å². The highest BCUT2D eigenvalue weighted by Gasteiger charge is 2.30. The van der Waals surface area contributed by atoms with Crippen LogP contribution in [0.2, 0.25) is 0 Å². The third-order valence-corrected chi connectivity index (χ3v) is 6.29. The Morgan fingerprint density at radius 2 is 1.57 bits per heavy atom. The highest BCUT2D eigenvalue weighted by atomic mass is 32.2. The minimum Gasteiger partial charge on any atom is -0.481 e. The molecule has 0 fully saturated rings. The van der Waals surface area contributed by atoms with Crippen molar-refractivity contribution in [3.63, 3.8) is 0 Å². The third kappa shape index (κ3) is 9.10. The summed E-state index contributed by atoms with van der Waals surface area (Å²) in [7, 11) is 0. The van der Waals surface area contributed by atoms with Crippen molar-refractivity contribution in [2.24, 2.45) is 5.73 Å². The summed E-state index contributed by atoms with van der Waals surface area (Å²) in [6.45, 7) is 1.46. The summed E-state index contributed by atoms with van der Waals surface area (Å²) in [6.07, 6.45) is 2.99. The standard InChI is InChI=1S/C24H33N5O7S/c1-13(25)21(32)29-19(11-14-12-26-16-6-4-3-5-15(14)16)23(34)27-17(7-8-20(30)31)22(33)28-18(24(35)36)9-10-37-2/h3-6,12-13,17-19,26H,7-11,25H2,1-2H3,(H,27,34)(H,28,33)(H,29,32)(H,30,31)(H,35,36). The van der Waals surface area contributed by atoms with Gasteiger partial charge < -0.3 is 36.9 Å². The second-order valence-corrected chi connectivity index (χ2v) is 9.57. The molecule has 0 saturated carbocycles. The van der Waals surface area contributed by atoms with Gasteiger partial charge in [-0.2, -0.15) is 11.8 Å². The maximum absolute atomic E-state index is 13.3. The lowest BCUT2D eigenvalue weighted by Gasteiger charge is -2.24. The fourth-order valence-electron chi connectivity index (χ4n) is 3.61. The molecule has 0 bridgehead atoms. The van der Waals surface area contributed by atoms with Crippen molar-refractivity contribution in [2.45, 2.75) is 56.8 Å². The van der Waals surface area contributed by atoms with Crippen LogP contribution in [0.4, 0.5) is 0 Å².